The molecule has 0 N–H and O–H groups in total. The summed E-state index contributed by atoms with van der Waals surface area (Å²) in [5, 5.41) is 9.79. The van der Waals surface area contributed by atoms with Gasteiger partial charge in [0.05, 0.1) is 23.5 Å². The van der Waals surface area contributed by atoms with E-state index >= 15 is 0 Å². The van der Waals surface area contributed by atoms with E-state index in [9.17, 15) is 13.7 Å². The zero-order chi connectivity index (χ0) is 12.5. The van der Waals surface area contributed by atoms with E-state index in [-0.39, 0.29) is 23.3 Å². The molecule has 3 nitrogen and oxygen atoms in total. The van der Waals surface area contributed by atoms with Crippen LogP contribution < -0.4 is 0 Å². The van der Waals surface area contributed by atoms with Gasteiger partial charge in [0.2, 0.25) is 0 Å². The van der Waals surface area contributed by atoms with Crippen molar-refractivity contribution in [1.29, 1.82) is 5.26 Å². The highest BCUT2D eigenvalue weighted by Crippen LogP contribution is 2.33. The molecule has 5 heteroatoms. The zero-order valence-electron chi connectivity index (χ0n) is 9.14. The third-order valence-electron chi connectivity index (χ3n) is 3.09. The quantitative estimate of drug-likeness (QED) is 0.828. The molecule has 1 fully saturated rings. The molecule has 1 aliphatic heterocycles. The number of rotatable bonds is 2. The first-order valence-electron chi connectivity index (χ1n) is 5.37. The molecular weight excluding hydrogens is 258 g/mol. The second kappa shape index (κ2) is 4.67. The van der Waals surface area contributed by atoms with Crippen molar-refractivity contribution in [1.82, 2.24) is 0 Å². The number of hydrogen-bond donors (Lipinski definition) is 0. The second-order valence-corrected chi connectivity index (χ2v) is 6.99. The molecule has 2 atom stereocenters. The van der Waals surface area contributed by atoms with Gasteiger partial charge in [-0.3, -0.25) is 0 Å². The minimum Gasteiger partial charge on any atom is -0.229 e. The molecule has 0 bridgehead atoms. The normalized spacial score (nSPS) is 24.1. The molecule has 2 rings (SSSR count). The van der Waals surface area contributed by atoms with Crippen molar-refractivity contribution in [3.8, 4) is 6.07 Å². The first-order valence-corrected chi connectivity index (χ1v) is 7.57. The highest BCUT2D eigenvalue weighted by Gasteiger charge is 2.34. The summed E-state index contributed by atoms with van der Waals surface area (Å²) in [6.07, 6.45) is 0.563. The van der Waals surface area contributed by atoms with Gasteiger partial charge < -0.3 is 0 Å². The van der Waals surface area contributed by atoms with Gasteiger partial charge in [-0.2, -0.15) is 5.26 Å². The van der Waals surface area contributed by atoms with Gasteiger partial charge in [0.1, 0.15) is 0 Å². The SMILES string of the molecule is N#CC(c1cccc(Cl)c1)C1CCS(=O)(=O)C1. The Bertz CT molecular complexity index is 562. The maximum absolute atomic E-state index is 11.4. The molecule has 0 radical (unpaired) electrons. The molecule has 17 heavy (non-hydrogen) atoms. The van der Waals surface area contributed by atoms with Crippen LogP contribution in [-0.2, 0) is 9.84 Å². The van der Waals surface area contributed by atoms with Crippen LogP contribution in [0.4, 0.5) is 0 Å². The van der Waals surface area contributed by atoms with Crippen molar-refractivity contribution < 1.29 is 8.42 Å². The maximum atomic E-state index is 11.4. The molecule has 90 valence electrons. The summed E-state index contributed by atoms with van der Waals surface area (Å²) < 4.78 is 22.8. The summed E-state index contributed by atoms with van der Waals surface area (Å²) in [7, 11) is -2.95. The topological polar surface area (TPSA) is 57.9 Å². The average molecular weight is 270 g/mol. The Morgan fingerprint density at radius 3 is 2.76 bits per heavy atom. The van der Waals surface area contributed by atoms with Gasteiger partial charge in [-0.25, -0.2) is 8.42 Å². The van der Waals surface area contributed by atoms with Gasteiger partial charge in [0, 0.05) is 5.02 Å². The number of sulfone groups is 1. The lowest BCUT2D eigenvalue weighted by Crippen LogP contribution is -2.13. The number of halogens is 1. The minimum absolute atomic E-state index is 0.108. The Morgan fingerprint density at radius 1 is 1.47 bits per heavy atom. The predicted octanol–water partition coefficient (Wildman–Crippen LogP) is 2.38. The van der Waals surface area contributed by atoms with Gasteiger partial charge in [-0.1, -0.05) is 23.7 Å². The Labute approximate surface area is 106 Å². The molecule has 1 aliphatic rings. The van der Waals surface area contributed by atoms with Gasteiger partial charge >= 0.3 is 0 Å². The van der Waals surface area contributed by atoms with Crippen LogP contribution in [0.25, 0.3) is 0 Å². The maximum Gasteiger partial charge on any atom is 0.150 e. The zero-order valence-corrected chi connectivity index (χ0v) is 10.7. The van der Waals surface area contributed by atoms with Gasteiger partial charge in [-0.15, -0.1) is 0 Å². The van der Waals surface area contributed by atoms with E-state index in [0.717, 1.165) is 5.56 Å². The van der Waals surface area contributed by atoms with Crippen molar-refractivity contribution in [3.05, 3.63) is 34.9 Å². The van der Waals surface area contributed by atoms with Crippen molar-refractivity contribution in [2.24, 2.45) is 5.92 Å². The van der Waals surface area contributed by atoms with Gasteiger partial charge in [-0.05, 0) is 30.0 Å². The Hall–Kier alpha value is -1.05. The third-order valence-corrected chi connectivity index (χ3v) is 5.11. The summed E-state index contributed by atoms with van der Waals surface area (Å²) in [4.78, 5) is 0. The Morgan fingerprint density at radius 2 is 2.24 bits per heavy atom. The standard InChI is InChI=1S/C12H12ClNO2S/c13-11-3-1-2-9(6-11)12(7-14)10-4-5-17(15,16)8-10/h1-3,6,10,12H,4-5,8H2. The second-order valence-electron chi connectivity index (χ2n) is 4.32. The molecule has 0 aromatic heterocycles. The number of hydrogen-bond acceptors (Lipinski definition) is 3. The molecule has 1 aromatic carbocycles. The summed E-state index contributed by atoms with van der Waals surface area (Å²) in [6.45, 7) is 0. The Kier molecular flexibility index (Phi) is 3.41. The monoisotopic (exact) mass is 269 g/mol. The van der Waals surface area contributed by atoms with Crippen LogP contribution in [0.1, 0.15) is 17.9 Å². The van der Waals surface area contributed by atoms with Crippen LogP contribution in [0.15, 0.2) is 24.3 Å². The predicted molar refractivity (Wildman–Crippen MR) is 66.6 cm³/mol. The van der Waals surface area contributed by atoms with E-state index in [2.05, 4.69) is 6.07 Å². The van der Waals surface area contributed by atoms with Gasteiger partial charge in [0.15, 0.2) is 9.84 Å². The first kappa shape index (κ1) is 12.4. The van der Waals surface area contributed by atoms with E-state index in [4.69, 9.17) is 11.6 Å². The smallest absolute Gasteiger partial charge is 0.150 e. The fourth-order valence-corrected chi connectivity index (χ4v) is 4.28. The Balaban J connectivity index is 2.27. The van der Waals surface area contributed by atoms with Crippen molar-refractivity contribution in [2.45, 2.75) is 12.3 Å². The van der Waals surface area contributed by atoms with E-state index in [1.165, 1.54) is 0 Å². The summed E-state index contributed by atoms with van der Waals surface area (Å²) in [5.74, 6) is -0.192. The highest BCUT2D eigenvalue weighted by atomic mass is 35.5. The third kappa shape index (κ3) is 2.80. The average Bonchev–Trinajstić information content (AvgIpc) is 2.60. The van der Waals surface area contributed by atoms with Crippen LogP contribution in [0.3, 0.4) is 0 Å². The summed E-state index contributed by atoms with van der Waals surface area (Å²) >= 11 is 5.88. The van der Waals surface area contributed by atoms with Crippen LogP contribution in [0.2, 0.25) is 5.02 Å². The van der Waals surface area contributed by atoms with Crippen LogP contribution in [0, 0.1) is 17.2 Å². The fourth-order valence-electron chi connectivity index (χ4n) is 2.24. The fraction of sp³-hybridized carbons (Fsp3) is 0.417. The van der Waals surface area contributed by atoms with E-state index in [1.54, 1.807) is 18.2 Å². The molecule has 2 unspecified atom stereocenters. The largest absolute Gasteiger partial charge is 0.229 e. The molecule has 0 saturated carbocycles. The van der Waals surface area contributed by atoms with Crippen LogP contribution in [0.5, 0.6) is 0 Å². The summed E-state index contributed by atoms with van der Waals surface area (Å²) in [6, 6.07) is 9.29. The highest BCUT2D eigenvalue weighted by molar-refractivity contribution is 7.91. The van der Waals surface area contributed by atoms with Gasteiger partial charge in [0.25, 0.3) is 0 Å². The van der Waals surface area contributed by atoms with Crippen LogP contribution >= 0.6 is 11.6 Å². The molecule has 1 aromatic rings. The van der Waals surface area contributed by atoms with Crippen molar-refractivity contribution in [3.63, 3.8) is 0 Å². The van der Waals surface area contributed by atoms with E-state index < -0.39 is 9.84 Å². The lowest BCUT2D eigenvalue weighted by molar-refractivity contribution is 0.541. The van der Waals surface area contributed by atoms with E-state index in [1.807, 2.05) is 6.07 Å². The molecule has 0 amide bonds. The summed E-state index contributed by atoms with van der Waals surface area (Å²) in [5.41, 5.74) is 0.808. The number of benzene rings is 1. The molecule has 1 heterocycles. The number of nitrogens with zero attached hydrogens (tertiary/aromatic N) is 1. The lowest BCUT2D eigenvalue weighted by Gasteiger charge is -2.15. The van der Waals surface area contributed by atoms with Crippen molar-refractivity contribution >= 4 is 21.4 Å². The van der Waals surface area contributed by atoms with E-state index in [0.29, 0.717) is 11.4 Å². The minimum atomic E-state index is -2.95. The van der Waals surface area contributed by atoms with Crippen molar-refractivity contribution in [2.75, 3.05) is 11.5 Å². The number of nitriles is 1. The van der Waals surface area contributed by atoms with Crippen LogP contribution in [-0.4, -0.2) is 19.9 Å². The molecule has 1 saturated heterocycles. The first-order chi connectivity index (χ1) is 8.02. The lowest BCUT2D eigenvalue weighted by atomic mass is 9.87. The molecular formula is C12H12ClNO2S. The molecule has 0 spiro atoms. The molecule has 0 aliphatic carbocycles.